The molecule has 0 radical (unpaired) electrons. The number of hydrogen-bond donors (Lipinski definition) is 2. The highest BCUT2D eigenvalue weighted by Crippen LogP contribution is 2.29. The Bertz CT molecular complexity index is 587. The fourth-order valence-corrected chi connectivity index (χ4v) is 3.70. The standard InChI is InChI=1S/C18H25N3O2/c19-18(23)14-8-10-21(12-14)11-9-17(22)20-16-7-3-5-13-4-1-2-6-15(13)16/h1-2,4,6,14,16H,3,5,7-12H2,(H2,19,23)(H,20,22)/t14-,16-/m1/s1. The predicted octanol–water partition coefficient (Wildman–Crippen LogP) is 1.38. The Hall–Kier alpha value is -1.88. The Morgan fingerprint density at radius 3 is 2.87 bits per heavy atom. The number of fused-ring (bicyclic) bond motifs is 1. The number of nitrogens with one attached hydrogen (secondary N) is 1. The van der Waals surface area contributed by atoms with E-state index in [4.69, 9.17) is 5.73 Å². The van der Waals surface area contributed by atoms with E-state index in [1.165, 1.54) is 11.1 Å². The summed E-state index contributed by atoms with van der Waals surface area (Å²) >= 11 is 0. The molecule has 2 amide bonds. The van der Waals surface area contributed by atoms with E-state index in [9.17, 15) is 9.59 Å². The highest BCUT2D eigenvalue weighted by atomic mass is 16.2. The molecule has 1 aliphatic heterocycles. The van der Waals surface area contributed by atoms with E-state index in [0.29, 0.717) is 19.5 Å². The van der Waals surface area contributed by atoms with Crippen LogP contribution in [0.5, 0.6) is 0 Å². The summed E-state index contributed by atoms with van der Waals surface area (Å²) in [7, 11) is 0. The number of carbonyl (C=O) groups excluding carboxylic acids is 2. The molecule has 5 nitrogen and oxygen atoms in total. The van der Waals surface area contributed by atoms with E-state index in [1.807, 2.05) is 6.07 Å². The maximum atomic E-state index is 12.3. The summed E-state index contributed by atoms with van der Waals surface area (Å²) in [5.74, 6) is -0.187. The third-order valence-corrected chi connectivity index (χ3v) is 5.03. The molecule has 0 bridgehead atoms. The average Bonchev–Trinajstić information content (AvgIpc) is 3.03. The quantitative estimate of drug-likeness (QED) is 0.862. The zero-order valence-electron chi connectivity index (χ0n) is 13.5. The van der Waals surface area contributed by atoms with Crippen molar-refractivity contribution in [2.75, 3.05) is 19.6 Å². The Morgan fingerprint density at radius 1 is 1.26 bits per heavy atom. The second-order valence-corrected chi connectivity index (χ2v) is 6.65. The van der Waals surface area contributed by atoms with Crippen molar-refractivity contribution in [2.45, 2.75) is 38.1 Å². The van der Waals surface area contributed by atoms with Crippen molar-refractivity contribution in [1.29, 1.82) is 0 Å². The molecule has 1 heterocycles. The second-order valence-electron chi connectivity index (χ2n) is 6.65. The van der Waals surface area contributed by atoms with Gasteiger partial charge in [-0.2, -0.15) is 0 Å². The van der Waals surface area contributed by atoms with Crippen LogP contribution in [-0.4, -0.2) is 36.3 Å². The van der Waals surface area contributed by atoms with Crippen LogP contribution in [0.3, 0.4) is 0 Å². The minimum Gasteiger partial charge on any atom is -0.369 e. The van der Waals surface area contributed by atoms with Gasteiger partial charge in [-0.1, -0.05) is 24.3 Å². The molecule has 3 rings (SSSR count). The van der Waals surface area contributed by atoms with Crippen molar-refractivity contribution in [3.05, 3.63) is 35.4 Å². The first-order valence-corrected chi connectivity index (χ1v) is 8.52. The van der Waals surface area contributed by atoms with E-state index in [1.54, 1.807) is 0 Å². The van der Waals surface area contributed by atoms with Crippen molar-refractivity contribution in [3.63, 3.8) is 0 Å². The lowest BCUT2D eigenvalue weighted by Crippen LogP contribution is -2.34. The summed E-state index contributed by atoms with van der Waals surface area (Å²) in [5, 5.41) is 3.18. The van der Waals surface area contributed by atoms with E-state index < -0.39 is 0 Å². The van der Waals surface area contributed by atoms with Gasteiger partial charge in [-0.25, -0.2) is 0 Å². The molecule has 0 saturated carbocycles. The number of rotatable bonds is 5. The number of nitrogens with two attached hydrogens (primary N) is 1. The smallest absolute Gasteiger partial charge is 0.221 e. The monoisotopic (exact) mass is 315 g/mol. The Balaban J connectivity index is 1.48. The van der Waals surface area contributed by atoms with E-state index in [2.05, 4.69) is 28.4 Å². The van der Waals surface area contributed by atoms with Gasteiger partial charge in [0.15, 0.2) is 0 Å². The van der Waals surface area contributed by atoms with Crippen LogP contribution in [0.4, 0.5) is 0 Å². The van der Waals surface area contributed by atoms with Gasteiger partial charge in [-0.3, -0.25) is 9.59 Å². The first kappa shape index (κ1) is 16.0. The maximum absolute atomic E-state index is 12.3. The summed E-state index contributed by atoms with van der Waals surface area (Å²) in [6, 6.07) is 8.52. The van der Waals surface area contributed by atoms with Crippen molar-refractivity contribution < 1.29 is 9.59 Å². The van der Waals surface area contributed by atoms with Gasteiger partial charge in [0.1, 0.15) is 0 Å². The van der Waals surface area contributed by atoms with E-state index in [-0.39, 0.29) is 23.8 Å². The molecule has 2 atom stereocenters. The van der Waals surface area contributed by atoms with Crippen molar-refractivity contribution >= 4 is 11.8 Å². The van der Waals surface area contributed by atoms with Crippen molar-refractivity contribution in [1.82, 2.24) is 10.2 Å². The summed E-state index contributed by atoms with van der Waals surface area (Å²) in [5.41, 5.74) is 7.96. The van der Waals surface area contributed by atoms with Gasteiger partial charge >= 0.3 is 0 Å². The maximum Gasteiger partial charge on any atom is 0.221 e. The fourth-order valence-electron chi connectivity index (χ4n) is 3.70. The molecule has 23 heavy (non-hydrogen) atoms. The van der Waals surface area contributed by atoms with Crippen LogP contribution in [0.1, 0.15) is 42.9 Å². The number of carbonyl (C=O) groups is 2. The zero-order chi connectivity index (χ0) is 16.2. The summed E-state index contributed by atoms with van der Waals surface area (Å²) in [6.45, 7) is 2.24. The van der Waals surface area contributed by atoms with Gasteiger partial charge < -0.3 is 16.0 Å². The number of benzene rings is 1. The summed E-state index contributed by atoms with van der Waals surface area (Å²) in [6.07, 6.45) is 4.52. The molecule has 1 saturated heterocycles. The third kappa shape index (κ3) is 3.91. The molecule has 0 unspecified atom stereocenters. The van der Waals surface area contributed by atoms with Gasteiger partial charge in [-0.05, 0) is 43.4 Å². The van der Waals surface area contributed by atoms with Crippen LogP contribution in [-0.2, 0) is 16.0 Å². The largest absolute Gasteiger partial charge is 0.369 e. The number of primary amides is 1. The minimum atomic E-state index is -0.226. The normalized spacial score (nSPS) is 24.2. The van der Waals surface area contributed by atoms with Gasteiger partial charge in [0.25, 0.3) is 0 Å². The lowest BCUT2D eigenvalue weighted by molar-refractivity contribution is -0.122. The van der Waals surface area contributed by atoms with Gasteiger partial charge in [0.2, 0.25) is 11.8 Å². The lowest BCUT2D eigenvalue weighted by atomic mass is 9.87. The zero-order valence-corrected chi connectivity index (χ0v) is 13.5. The molecular weight excluding hydrogens is 290 g/mol. The Labute approximate surface area is 137 Å². The van der Waals surface area contributed by atoms with Crippen molar-refractivity contribution in [2.24, 2.45) is 11.7 Å². The molecule has 1 aromatic carbocycles. The van der Waals surface area contributed by atoms with Gasteiger partial charge in [0.05, 0.1) is 12.0 Å². The van der Waals surface area contributed by atoms with Crippen LogP contribution >= 0.6 is 0 Å². The Morgan fingerprint density at radius 2 is 2.09 bits per heavy atom. The second kappa shape index (κ2) is 7.13. The first-order chi connectivity index (χ1) is 11.1. The summed E-state index contributed by atoms with van der Waals surface area (Å²) in [4.78, 5) is 25.6. The molecule has 2 aliphatic rings. The van der Waals surface area contributed by atoms with Crippen LogP contribution in [0.2, 0.25) is 0 Å². The number of amides is 2. The third-order valence-electron chi connectivity index (χ3n) is 5.03. The lowest BCUT2D eigenvalue weighted by Gasteiger charge is -2.26. The van der Waals surface area contributed by atoms with Crippen LogP contribution in [0, 0.1) is 5.92 Å². The predicted molar refractivity (Wildman–Crippen MR) is 88.6 cm³/mol. The molecule has 1 aromatic rings. The molecule has 1 aliphatic carbocycles. The number of hydrogen-bond acceptors (Lipinski definition) is 3. The summed E-state index contributed by atoms with van der Waals surface area (Å²) < 4.78 is 0. The Kier molecular flexibility index (Phi) is 4.96. The van der Waals surface area contributed by atoms with Crippen LogP contribution in [0.25, 0.3) is 0 Å². The van der Waals surface area contributed by atoms with Crippen LogP contribution < -0.4 is 11.1 Å². The SMILES string of the molecule is NC(=O)[C@@H]1CCN(CCC(=O)N[C@@H]2CCCc3ccccc32)C1. The van der Waals surface area contributed by atoms with Gasteiger partial charge in [0, 0.05) is 19.5 Å². The number of aryl methyl sites for hydroxylation is 1. The average molecular weight is 315 g/mol. The molecule has 0 aromatic heterocycles. The molecule has 0 spiro atoms. The van der Waals surface area contributed by atoms with Crippen LogP contribution in [0.15, 0.2) is 24.3 Å². The highest BCUT2D eigenvalue weighted by Gasteiger charge is 2.27. The van der Waals surface area contributed by atoms with E-state index >= 15 is 0 Å². The van der Waals surface area contributed by atoms with Crippen molar-refractivity contribution in [3.8, 4) is 0 Å². The molecule has 124 valence electrons. The highest BCUT2D eigenvalue weighted by molar-refractivity contribution is 5.77. The van der Waals surface area contributed by atoms with E-state index in [0.717, 1.165) is 32.2 Å². The minimum absolute atomic E-state index is 0.0525. The molecule has 3 N–H and O–H groups in total. The molecule has 5 heteroatoms. The first-order valence-electron chi connectivity index (χ1n) is 8.52. The number of likely N-dealkylation sites (tertiary alicyclic amines) is 1. The topological polar surface area (TPSA) is 75.4 Å². The number of nitrogens with zero attached hydrogens (tertiary/aromatic N) is 1. The van der Waals surface area contributed by atoms with Gasteiger partial charge in [-0.15, -0.1) is 0 Å². The molecule has 1 fully saturated rings. The molecular formula is C18H25N3O2. The fraction of sp³-hybridized carbons (Fsp3) is 0.556.